The molecule has 0 bridgehead atoms. The van der Waals surface area contributed by atoms with E-state index in [9.17, 15) is 4.79 Å². The monoisotopic (exact) mass is 433 g/mol. The minimum Gasteiger partial charge on any atom is -0.462 e. The molecule has 3 nitrogen and oxygen atoms in total. The van der Waals surface area contributed by atoms with Gasteiger partial charge in [0, 0.05) is 17.0 Å². The maximum atomic E-state index is 12.3. The van der Waals surface area contributed by atoms with Gasteiger partial charge in [0.15, 0.2) is 5.78 Å². The Bertz CT molecular complexity index is 1210. The number of nitrogens with one attached hydrogen (secondary N) is 1. The number of Topliss-reactive ketones (excluding diaryl/α,β-unsaturated/α-hetero) is 1. The molecule has 30 heavy (non-hydrogen) atoms. The summed E-state index contributed by atoms with van der Waals surface area (Å²) in [6, 6.07) is 19.7. The number of rotatable bonds is 6. The topological polar surface area (TPSA) is 38.3 Å². The molecular weight excluding hydrogens is 414 g/mol. The summed E-state index contributed by atoms with van der Waals surface area (Å²) in [6.45, 7) is 5.68. The number of allylic oxidation sites excluding steroid dienone is 1. The molecule has 150 valence electrons. The minimum atomic E-state index is -0.135. The van der Waals surface area contributed by atoms with E-state index in [-0.39, 0.29) is 5.78 Å². The first-order valence-electron chi connectivity index (χ1n) is 9.57. The second kappa shape index (κ2) is 8.82. The lowest BCUT2D eigenvalue weighted by molar-refractivity contribution is 0.103. The first-order chi connectivity index (χ1) is 14.5. The molecule has 0 spiro atoms. The second-order valence-electron chi connectivity index (χ2n) is 6.86. The molecule has 0 unspecified atom stereocenters. The van der Waals surface area contributed by atoms with Crippen LogP contribution in [0.2, 0.25) is 5.02 Å². The number of thioether (sulfide) groups is 1. The van der Waals surface area contributed by atoms with E-state index in [2.05, 4.69) is 47.6 Å². The van der Waals surface area contributed by atoms with Crippen LogP contribution in [0.4, 0.5) is 0 Å². The van der Waals surface area contributed by atoms with Crippen molar-refractivity contribution in [2.24, 2.45) is 0 Å². The van der Waals surface area contributed by atoms with Gasteiger partial charge < -0.3 is 10.1 Å². The molecule has 3 aromatic rings. The van der Waals surface area contributed by atoms with Crippen LogP contribution in [0.5, 0.6) is 5.75 Å². The van der Waals surface area contributed by atoms with E-state index in [1.807, 2.05) is 19.1 Å². The molecule has 1 heterocycles. The van der Waals surface area contributed by atoms with Crippen molar-refractivity contribution in [2.45, 2.75) is 13.3 Å². The molecule has 1 N–H and O–H groups in total. The van der Waals surface area contributed by atoms with Gasteiger partial charge in [0.2, 0.25) is 0 Å². The summed E-state index contributed by atoms with van der Waals surface area (Å²) in [4.78, 5) is 12.3. The normalized spacial score (nSPS) is 14.5. The van der Waals surface area contributed by atoms with E-state index in [1.165, 1.54) is 10.8 Å². The third-order valence-corrected chi connectivity index (χ3v) is 5.98. The van der Waals surface area contributed by atoms with Crippen LogP contribution in [0.3, 0.4) is 0 Å². The largest absolute Gasteiger partial charge is 0.462 e. The minimum absolute atomic E-state index is 0.135. The standard InChI is InChI=1S/C25H20ClNO2S/c1-3-16(2)25(28)21-11-10-20(13-22(21)26)29-14-24-27-23(15-30-24)19-9-8-17-6-4-5-7-18(17)12-19/h4-15,27H,2-3H2,1H3/b24-14+. The van der Waals surface area contributed by atoms with Crippen molar-refractivity contribution >= 4 is 45.6 Å². The van der Waals surface area contributed by atoms with Crippen LogP contribution in [-0.4, -0.2) is 5.78 Å². The Kier molecular flexibility index (Phi) is 5.98. The Morgan fingerprint density at radius 3 is 2.70 bits per heavy atom. The molecule has 0 radical (unpaired) electrons. The van der Waals surface area contributed by atoms with Crippen LogP contribution in [0, 0.1) is 0 Å². The Balaban J connectivity index is 1.44. The molecule has 0 atom stereocenters. The Morgan fingerprint density at radius 2 is 1.93 bits per heavy atom. The summed E-state index contributed by atoms with van der Waals surface area (Å²) >= 11 is 7.83. The number of fused-ring (bicyclic) bond motifs is 1. The molecule has 1 aliphatic rings. The number of ether oxygens (including phenoxy) is 1. The Morgan fingerprint density at radius 1 is 1.13 bits per heavy atom. The average molecular weight is 434 g/mol. The number of carbonyl (C=O) groups is 1. The number of hydrogen-bond donors (Lipinski definition) is 1. The van der Waals surface area contributed by atoms with Crippen LogP contribution < -0.4 is 10.1 Å². The van der Waals surface area contributed by atoms with Gasteiger partial charge in [0.25, 0.3) is 0 Å². The summed E-state index contributed by atoms with van der Waals surface area (Å²) in [5, 5.41) is 9.07. The van der Waals surface area contributed by atoms with Gasteiger partial charge in [-0.15, -0.1) is 0 Å². The van der Waals surface area contributed by atoms with Gasteiger partial charge in [-0.2, -0.15) is 0 Å². The molecule has 3 aromatic carbocycles. The van der Waals surface area contributed by atoms with E-state index >= 15 is 0 Å². The predicted octanol–water partition coefficient (Wildman–Crippen LogP) is 7.15. The molecule has 1 aliphatic heterocycles. The summed E-state index contributed by atoms with van der Waals surface area (Å²) in [5.74, 6) is 0.428. The quantitative estimate of drug-likeness (QED) is 0.254. The zero-order chi connectivity index (χ0) is 21.1. The smallest absolute Gasteiger partial charge is 0.189 e. The van der Waals surface area contributed by atoms with Crippen LogP contribution in [0.15, 0.2) is 89.5 Å². The molecule has 0 aromatic heterocycles. The fourth-order valence-electron chi connectivity index (χ4n) is 3.09. The summed E-state index contributed by atoms with van der Waals surface area (Å²) in [7, 11) is 0. The third-order valence-electron chi connectivity index (χ3n) is 4.86. The number of halogens is 1. The molecular formula is C25H20ClNO2S. The van der Waals surface area contributed by atoms with Crippen molar-refractivity contribution in [3.05, 3.63) is 106 Å². The van der Waals surface area contributed by atoms with Crippen LogP contribution in [0.1, 0.15) is 29.3 Å². The highest BCUT2D eigenvalue weighted by Crippen LogP contribution is 2.32. The number of benzene rings is 3. The lowest BCUT2D eigenvalue weighted by Crippen LogP contribution is -2.05. The maximum absolute atomic E-state index is 12.3. The van der Waals surface area contributed by atoms with E-state index in [1.54, 1.807) is 36.2 Å². The van der Waals surface area contributed by atoms with Gasteiger partial charge in [-0.1, -0.05) is 73.3 Å². The van der Waals surface area contributed by atoms with Gasteiger partial charge in [0.1, 0.15) is 17.0 Å². The van der Waals surface area contributed by atoms with E-state index < -0.39 is 0 Å². The molecule has 0 fully saturated rings. The first-order valence-corrected chi connectivity index (χ1v) is 10.8. The lowest BCUT2D eigenvalue weighted by Gasteiger charge is -2.09. The van der Waals surface area contributed by atoms with Crippen LogP contribution in [-0.2, 0) is 0 Å². The van der Waals surface area contributed by atoms with Gasteiger partial charge in [-0.05, 0) is 46.5 Å². The summed E-state index contributed by atoms with van der Waals surface area (Å²) < 4.78 is 5.75. The Labute approximate surface area is 185 Å². The highest BCUT2D eigenvalue weighted by molar-refractivity contribution is 8.06. The molecule has 0 saturated heterocycles. The molecule has 4 rings (SSSR count). The number of ketones is 1. The van der Waals surface area contributed by atoms with Crippen molar-refractivity contribution in [1.29, 1.82) is 0 Å². The van der Waals surface area contributed by atoms with Crippen LogP contribution >= 0.6 is 23.4 Å². The van der Waals surface area contributed by atoms with Gasteiger partial charge in [-0.25, -0.2) is 0 Å². The molecule has 5 heteroatoms. The molecule has 0 amide bonds. The lowest BCUT2D eigenvalue weighted by atomic mass is 10.0. The highest BCUT2D eigenvalue weighted by Gasteiger charge is 2.15. The van der Waals surface area contributed by atoms with Crippen molar-refractivity contribution < 1.29 is 9.53 Å². The summed E-state index contributed by atoms with van der Waals surface area (Å²) in [5.41, 5.74) is 3.12. The van der Waals surface area contributed by atoms with E-state index in [4.69, 9.17) is 16.3 Å². The molecule has 0 saturated carbocycles. The highest BCUT2D eigenvalue weighted by atomic mass is 35.5. The van der Waals surface area contributed by atoms with Gasteiger partial charge in [0.05, 0.1) is 10.7 Å². The van der Waals surface area contributed by atoms with Crippen molar-refractivity contribution in [3.63, 3.8) is 0 Å². The third kappa shape index (κ3) is 4.30. The van der Waals surface area contributed by atoms with Gasteiger partial charge in [-0.3, -0.25) is 4.79 Å². The number of hydrogen-bond acceptors (Lipinski definition) is 4. The fraction of sp³-hybridized carbons (Fsp3) is 0.0800. The van der Waals surface area contributed by atoms with Gasteiger partial charge >= 0.3 is 0 Å². The average Bonchev–Trinajstić information content (AvgIpc) is 3.25. The SMILES string of the molecule is C=C(CC)C(=O)c1ccc(O/C=C2\NC(c3ccc4ccccc4c3)=CS2)cc1Cl. The summed E-state index contributed by atoms with van der Waals surface area (Å²) in [6.07, 6.45) is 2.24. The van der Waals surface area contributed by atoms with Crippen molar-refractivity contribution in [2.75, 3.05) is 0 Å². The van der Waals surface area contributed by atoms with E-state index in [0.717, 1.165) is 16.3 Å². The van der Waals surface area contributed by atoms with E-state index in [0.29, 0.717) is 28.3 Å². The van der Waals surface area contributed by atoms with Crippen LogP contribution in [0.25, 0.3) is 16.5 Å². The fourth-order valence-corrected chi connectivity index (χ4v) is 4.06. The predicted molar refractivity (Wildman–Crippen MR) is 127 cm³/mol. The zero-order valence-electron chi connectivity index (χ0n) is 16.4. The van der Waals surface area contributed by atoms with Crippen molar-refractivity contribution in [3.8, 4) is 5.75 Å². The Hall–Kier alpha value is -2.95. The second-order valence-corrected chi connectivity index (χ2v) is 8.18. The molecule has 0 aliphatic carbocycles. The van der Waals surface area contributed by atoms with Crippen molar-refractivity contribution in [1.82, 2.24) is 5.32 Å². The maximum Gasteiger partial charge on any atom is 0.189 e. The first kappa shape index (κ1) is 20.3. The zero-order valence-corrected chi connectivity index (χ0v) is 18.0. The number of carbonyl (C=O) groups excluding carboxylic acids is 1.